The van der Waals surface area contributed by atoms with Crippen molar-refractivity contribution in [2.24, 2.45) is 11.7 Å². The van der Waals surface area contributed by atoms with Crippen molar-refractivity contribution < 1.29 is 19.4 Å². The number of halogens is 1. The molecule has 0 saturated carbocycles. The fourth-order valence-corrected chi connectivity index (χ4v) is 1.91. The number of esters is 1. The minimum atomic E-state index is -1.37. The first-order chi connectivity index (χ1) is 7.45. The molecule has 100 valence electrons. The summed E-state index contributed by atoms with van der Waals surface area (Å²) >= 11 is 0. The standard InChI is InChI=1S/C10H18N2O4.ClH/c1-5-3-6(9(14)12-5)4-7(11)8(13)10(15)16-2;/h5-8,13H,3-4,11H2,1-2H3,(H,12,14);1H/t5-,6+,7+,8?;/m1./s1. The molecule has 1 unspecified atom stereocenters. The maximum absolute atomic E-state index is 11.4. The van der Waals surface area contributed by atoms with Crippen molar-refractivity contribution >= 4 is 24.3 Å². The molecule has 17 heavy (non-hydrogen) atoms. The Kier molecular flexibility index (Phi) is 6.44. The summed E-state index contributed by atoms with van der Waals surface area (Å²) in [6.45, 7) is 1.90. The normalized spacial score (nSPS) is 26.7. The topological polar surface area (TPSA) is 102 Å². The molecule has 4 atom stereocenters. The summed E-state index contributed by atoms with van der Waals surface area (Å²) in [4.78, 5) is 22.4. The molecule has 7 heteroatoms. The van der Waals surface area contributed by atoms with Gasteiger partial charge in [0.15, 0.2) is 6.10 Å². The van der Waals surface area contributed by atoms with Crippen molar-refractivity contribution in [2.45, 2.75) is 38.0 Å². The van der Waals surface area contributed by atoms with Crippen LogP contribution < -0.4 is 11.1 Å². The van der Waals surface area contributed by atoms with Gasteiger partial charge in [0.2, 0.25) is 5.91 Å². The molecule has 1 fully saturated rings. The van der Waals surface area contributed by atoms with Gasteiger partial charge in [0.25, 0.3) is 0 Å². The maximum Gasteiger partial charge on any atom is 0.336 e. The lowest BCUT2D eigenvalue weighted by Gasteiger charge is -2.18. The average molecular weight is 267 g/mol. The van der Waals surface area contributed by atoms with Crippen LogP contribution in [0.15, 0.2) is 0 Å². The van der Waals surface area contributed by atoms with Crippen molar-refractivity contribution in [3.8, 4) is 0 Å². The largest absolute Gasteiger partial charge is 0.467 e. The highest BCUT2D eigenvalue weighted by Gasteiger charge is 2.34. The van der Waals surface area contributed by atoms with Crippen LogP contribution >= 0.6 is 12.4 Å². The van der Waals surface area contributed by atoms with E-state index in [0.717, 1.165) is 0 Å². The van der Waals surface area contributed by atoms with Crippen molar-refractivity contribution in [3.05, 3.63) is 0 Å². The van der Waals surface area contributed by atoms with Gasteiger partial charge in [-0.15, -0.1) is 12.4 Å². The van der Waals surface area contributed by atoms with Crippen LogP contribution in [0.3, 0.4) is 0 Å². The predicted octanol–water partition coefficient (Wildman–Crippen LogP) is -0.816. The van der Waals surface area contributed by atoms with Gasteiger partial charge in [-0.05, 0) is 19.8 Å². The second-order valence-electron chi connectivity index (χ2n) is 4.21. The zero-order valence-electron chi connectivity index (χ0n) is 9.88. The number of hydrogen-bond acceptors (Lipinski definition) is 5. The maximum atomic E-state index is 11.4. The number of nitrogens with one attached hydrogen (secondary N) is 1. The number of carbonyl (C=O) groups is 2. The molecule has 6 nitrogen and oxygen atoms in total. The highest BCUT2D eigenvalue weighted by molar-refractivity contribution is 5.85. The number of rotatable bonds is 4. The average Bonchev–Trinajstić information content (AvgIpc) is 2.55. The SMILES string of the molecule is COC(=O)C(O)[C@@H](N)C[C@@H]1C[C@@H](C)NC1=O.Cl. The zero-order chi connectivity index (χ0) is 12.3. The van der Waals surface area contributed by atoms with Crippen LogP contribution in [0.2, 0.25) is 0 Å². The lowest BCUT2D eigenvalue weighted by atomic mass is 9.94. The number of methoxy groups -OCH3 is 1. The molecule has 1 amide bonds. The Morgan fingerprint density at radius 1 is 1.71 bits per heavy atom. The quantitative estimate of drug-likeness (QED) is 0.578. The van der Waals surface area contributed by atoms with Crippen LogP contribution in [0.5, 0.6) is 0 Å². The number of carbonyl (C=O) groups excluding carboxylic acids is 2. The first-order valence-electron chi connectivity index (χ1n) is 5.27. The van der Waals surface area contributed by atoms with E-state index >= 15 is 0 Å². The number of amides is 1. The van der Waals surface area contributed by atoms with Gasteiger partial charge in [0, 0.05) is 18.0 Å². The molecule has 1 saturated heterocycles. The number of hydrogen-bond donors (Lipinski definition) is 3. The van der Waals surface area contributed by atoms with Gasteiger partial charge in [-0.3, -0.25) is 4.79 Å². The minimum Gasteiger partial charge on any atom is -0.467 e. The van der Waals surface area contributed by atoms with E-state index < -0.39 is 18.1 Å². The summed E-state index contributed by atoms with van der Waals surface area (Å²) < 4.78 is 4.38. The third kappa shape index (κ3) is 4.14. The molecule has 1 rings (SSSR count). The van der Waals surface area contributed by atoms with Crippen LogP contribution in [-0.4, -0.2) is 42.3 Å². The fraction of sp³-hybridized carbons (Fsp3) is 0.800. The summed E-state index contributed by atoms with van der Waals surface area (Å²) in [5.74, 6) is -1.07. The van der Waals surface area contributed by atoms with Gasteiger partial charge in [-0.1, -0.05) is 0 Å². The van der Waals surface area contributed by atoms with E-state index in [-0.39, 0.29) is 36.7 Å². The molecule has 0 aromatic rings. The van der Waals surface area contributed by atoms with E-state index in [0.29, 0.717) is 6.42 Å². The molecule has 0 aliphatic carbocycles. The number of aliphatic hydroxyl groups is 1. The van der Waals surface area contributed by atoms with Crippen LogP contribution in [0.1, 0.15) is 19.8 Å². The van der Waals surface area contributed by atoms with Gasteiger partial charge < -0.3 is 20.9 Å². The second kappa shape index (κ2) is 6.78. The summed E-state index contributed by atoms with van der Waals surface area (Å²) in [5, 5.41) is 12.2. The smallest absolute Gasteiger partial charge is 0.336 e. The monoisotopic (exact) mass is 266 g/mol. The van der Waals surface area contributed by atoms with E-state index in [4.69, 9.17) is 5.73 Å². The van der Waals surface area contributed by atoms with Gasteiger partial charge in [-0.25, -0.2) is 4.79 Å². The summed E-state index contributed by atoms with van der Waals surface area (Å²) in [7, 11) is 1.18. The minimum absolute atomic E-state index is 0. The first-order valence-corrected chi connectivity index (χ1v) is 5.27. The van der Waals surface area contributed by atoms with E-state index in [1.165, 1.54) is 7.11 Å². The molecular formula is C10H19ClN2O4. The van der Waals surface area contributed by atoms with E-state index in [1.807, 2.05) is 6.92 Å². The van der Waals surface area contributed by atoms with E-state index in [1.54, 1.807) is 0 Å². The summed E-state index contributed by atoms with van der Waals surface area (Å²) in [6, 6.07) is -0.645. The van der Waals surface area contributed by atoms with Crippen molar-refractivity contribution in [3.63, 3.8) is 0 Å². The molecule has 1 aliphatic heterocycles. The van der Waals surface area contributed by atoms with Crippen LogP contribution in [0.25, 0.3) is 0 Å². The van der Waals surface area contributed by atoms with Gasteiger partial charge in [0.1, 0.15) is 0 Å². The predicted molar refractivity (Wildman–Crippen MR) is 63.6 cm³/mol. The molecular weight excluding hydrogens is 248 g/mol. The highest BCUT2D eigenvalue weighted by Crippen LogP contribution is 2.20. The van der Waals surface area contributed by atoms with Crippen LogP contribution in [-0.2, 0) is 14.3 Å². The van der Waals surface area contributed by atoms with E-state index in [9.17, 15) is 14.7 Å². The highest BCUT2D eigenvalue weighted by atomic mass is 35.5. The number of nitrogens with two attached hydrogens (primary N) is 1. The third-order valence-corrected chi connectivity index (χ3v) is 2.80. The first kappa shape index (κ1) is 16.1. The lowest BCUT2D eigenvalue weighted by molar-refractivity contribution is -0.151. The molecule has 0 aromatic carbocycles. The van der Waals surface area contributed by atoms with E-state index in [2.05, 4.69) is 10.1 Å². The third-order valence-electron chi connectivity index (χ3n) is 2.80. The Morgan fingerprint density at radius 2 is 2.29 bits per heavy atom. The number of ether oxygens (including phenoxy) is 1. The van der Waals surface area contributed by atoms with Gasteiger partial charge in [-0.2, -0.15) is 0 Å². The van der Waals surface area contributed by atoms with Gasteiger partial charge >= 0.3 is 5.97 Å². The lowest BCUT2D eigenvalue weighted by Crippen LogP contribution is -2.43. The second-order valence-corrected chi connectivity index (χ2v) is 4.21. The Morgan fingerprint density at radius 3 is 2.71 bits per heavy atom. The molecule has 0 spiro atoms. The summed E-state index contributed by atoms with van der Waals surface area (Å²) in [5.41, 5.74) is 5.65. The molecule has 4 N–H and O–H groups in total. The Balaban J connectivity index is 0.00000256. The van der Waals surface area contributed by atoms with Crippen molar-refractivity contribution in [1.82, 2.24) is 5.32 Å². The summed E-state index contributed by atoms with van der Waals surface area (Å²) in [6.07, 6.45) is -0.402. The van der Waals surface area contributed by atoms with Crippen molar-refractivity contribution in [1.29, 1.82) is 0 Å². The van der Waals surface area contributed by atoms with Gasteiger partial charge in [0.05, 0.1) is 7.11 Å². The molecule has 0 bridgehead atoms. The Labute approximate surface area is 106 Å². The molecule has 1 heterocycles. The fourth-order valence-electron chi connectivity index (χ4n) is 1.91. The molecule has 1 aliphatic rings. The Hall–Kier alpha value is -0.850. The molecule has 0 radical (unpaired) electrons. The number of aliphatic hydroxyl groups excluding tert-OH is 1. The van der Waals surface area contributed by atoms with Crippen LogP contribution in [0.4, 0.5) is 0 Å². The molecule has 0 aromatic heterocycles. The zero-order valence-corrected chi connectivity index (χ0v) is 10.7. The van der Waals surface area contributed by atoms with Crippen LogP contribution in [0, 0.1) is 5.92 Å². The Bertz CT molecular complexity index is 287. The van der Waals surface area contributed by atoms with Crippen molar-refractivity contribution in [2.75, 3.05) is 7.11 Å².